The number of carboxylic acid groups (broad SMARTS) is 1. The van der Waals surface area contributed by atoms with Crippen LogP contribution in [-0.4, -0.2) is 39.7 Å². The number of hydrogen-bond acceptors (Lipinski definition) is 4. The number of rotatable bonds is 5. The van der Waals surface area contributed by atoms with Gasteiger partial charge in [-0.1, -0.05) is 24.3 Å². The van der Waals surface area contributed by atoms with Crippen LogP contribution in [0.1, 0.15) is 16.9 Å². The summed E-state index contributed by atoms with van der Waals surface area (Å²) in [5, 5.41) is 21.1. The van der Waals surface area contributed by atoms with Crippen molar-refractivity contribution in [2.45, 2.75) is 12.5 Å². The first-order valence-corrected chi connectivity index (χ1v) is 6.13. The minimum Gasteiger partial charge on any atom is -0.479 e. The molecule has 0 bridgehead atoms. The number of para-hydroxylation sites is 1. The summed E-state index contributed by atoms with van der Waals surface area (Å²) in [7, 11) is 0. The summed E-state index contributed by atoms with van der Waals surface area (Å²) >= 11 is 0. The molecular weight excluding hydrogens is 260 g/mol. The lowest BCUT2D eigenvalue weighted by atomic mass is 10.2. The van der Waals surface area contributed by atoms with Gasteiger partial charge in [0.15, 0.2) is 6.10 Å². The van der Waals surface area contributed by atoms with Crippen LogP contribution in [0, 0.1) is 0 Å². The summed E-state index contributed by atoms with van der Waals surface area (Å²) in [5.74, 6) is -1.70. The molecule has 1 amide bonds. The fourth-order valence-electron chi connectivity index (χ4n) is 1.73. The third-order valence-corrected chi connectivity index (χ3v) is 2.82. The second-order valence-corrected chi connectivity index (χ2v) is 4.29. The smallest absolute Gasteiger partial charge is 0.332 e. The largest absolute Gasteiger partial charge is 0.479 e. The summed E-state index contributed by atoms with van der Waals surface area (Å²) in [4.78, 5) is 26.5. The fraction of sp³-hybridized carbons (Fsp3) is 0.214. The van der Waals surface area contributed by atoms with Crippen molar-refractivity contribution >= 4 is 22.8 Å². The number of carbonyl (C=O) groups excluding carboxylic acids is 1. The van der Waals surface area contributed by atoms with Crippen molar-refractivity contribution in [1.82, 2.24) is 10.3 Å². The SMILES string of the molecule is O=C(NCC[C@H](O)C(=O)O)c1ccc2ccccc2n1. The number of pyridine rings is 1. The molecule has 20 heavy (non-hydrogen) atoms. The van der Waals surface area contributed by atoms with Gasteiger partial charge in [-0.25, -0.2) is 9.78 Å². The van der Waals surface area contributed by atoms with Crippen molar-refractivity contribution in [3.8, 4) is 0 Å². The van der Waals surface area contributed by atoms with E-state index in [1.165, 1.54) is 0 Å². The maximum Gasteiger partial charge on any atom is 0.332 e. The van der Waals surface area contributed by atoms with Gasteiger partial charge < -0.3 is 15.5 Å². The zero-order chi connectivity index (χ0) is 14.5. The highest BCUT2D eigenvalue weighted by molar-refractivity contribution is 5.94. The normalized spacial score (nSPS) is 12.1. The van der Waals surface area contributed by atoms with Crippen molar-refractivity contribution < 1.29 is 19.8 Å². The lowest BCUT2D eigenvalue weighted by Crippen LogP contribution is -2.30. The quantitative estimate of drug-likeness (QED) is 0.749. The Morgan fingerprint density at radius 3 is 2.70 bits per heavy atom. The number of aromatic nitrogens is 1. The lowest BCUT2D eigenvalue weighted by molar-refractivity contribution is -0.146. The topological polar surface area (TPSA) is 99.5 Å². The molecule has 2 aromatic rings. The van der Waals surface area contributed by atoms with E-state index >= 15 is 0 Å². The monoisotopic (exact) mass is 274 g/mol. The first kappa shape index (κ1) is 14.0. The Morgan fingerprint density at radius 1 is 1.20 bits per heavy atom. The standard InChI is InChI=1S/C14H14N2O4/c17-12(14(19)20)7-8-15-13(18)11-6-5-9-3-1-2-4-10(9)16-11/h1-6,12,17H,7-8H2,(H,15,18)(H,19,20)/t12-/m0/s1. The van der Waals surface area contributed by atoms with E-state index in [1.54, 1.807) is 18.2 Å². The predicted molar refractivity (Wildman–Crippen MR) is 72.3 cm³/mol. The predicted octanol–water partition coefficient (Wildman–Crippen LogP) is 0.800. The van der Waals surface area contributed by atoms with E-state index in [2.05, 4.69) is 10.3 Å². The average molecular weight is 274 g/mol. The summed E-state index contributed by atoms with van der Waals surface area (Å²) in [6.07, 6.45) is -1.52. The van der Waals surface area contributed by atoms with Gasteiger partial charge >= 0.3 is 5.97 Å². The molecule has 0 unspecified atom stereocenters. The minimum atomic E-state index is -1.47. The van der Waals surface area contributed by atoms with Gasteiger partial charge in [0.2, 0.25) is 0 Å². The Kier molecular flexibility index (Phi) is 4.27. The zero-order valence-electron chi connectivity index (χ0n) is 10.6. The third-order valence-electron chi connectivity index (χ3n) is 2.82. The van der Waals surface area contributed by atoms with Crippen LogP contribution in [0.3, 0.4) is 0 Å². The van der Waals surface area contributed by atoms with Crippen LogP contribution in [0.15, 0.2) is 36.4 Å². The highest BCUT2D eigenvalue weighted by Gasteiger charge is 2.13. The number of aliphatic carboxylic acids is 1. The molecule has 0 aliphatic rings. The molecule has 0 spiro atoms. The number of carbonyl (C=O) groups is 2. The van der Waals surface area contributed by atoms with E-state index < -0.39 is 18.0 Å². The number of carboxylic acids is 1. The van der Waals surface area contributed by atoms with Gasteiger partial charge in [-0.15, -0.1) is 0 Å². The molecule has 104 valence electrons. The minimum absolute atomic E-state index is 0.0470. The number of amides is 1. The van der Waals surface area contributed by atoms with Crippen LogP contribution >= 0.6 is 0 Å². The number of aliphatic hydroxyl groups excluding tert-OH is 1. The first-order valence-electron chi connectivity index (χ1n) is 6.13. The second kappa shape index (κ2) is 6.12. The molecule has 0 saturated heterocycles. The average Bonchev–Trinajstić information content (AvgIpc) is 2.46. The van der Waals surface area contributed by atoms with Crippen LogP contribution in [-0.2, 0) is 4.79 Å². The summed E-state index contributed by atoms with van der Waals surface area (Å²) in [6.45, 7) is 0.0702. The Morgan fingerprint density at radius 2 is 1.95 bits per heavy atom. The maximum atomic E-state index is 11.8. The third kappa shape index (κ3) is 3.30. The van der Waals surface area contributed by atoms with Gasteiger partial charge in [0.25, 0.3) is 5.91 Å². The molecular formula is C14H14N2O4. The van der Waals surface area contributed by atoms with Crippen molar-refractivity contribution in [3.63, 3.8) is 0 Å². The molecule has 0 saturated carbocycles. The van der Waals surface area contributed by atoms with Crippen LogP contribution in [0.4, 0.5) is 0 Å². The van der Waals surface area contributed by atoms with Crippen molar-refractivity contribution in [2.24, 2.45) is 0 Å². The molecule has 6 nitrogen and oxygen atoms in total. The van der Waals surface area contributed by atoms with E-state index in [-0.39, 0.29) is 18.7 Å². The number of benzene rings is 1. The van der Waals surface area contributed by atoms with Gasteiger partial charge in [0.1, 0.15) is 5.69 Å². The summed E-state index contributed by atoms with van der Waals surface area (Å²) in [5.41, 5.74) is 0.972. The van der Waals surface area contributed by atoms with E-state index in [0.29, 0.717) is 5.52 Å². The number of hydrogen-bond donors (Lipinski definition) is 3. The van der Waals surface area contributed by atoms with E-state index in [0.717, 1.165) is 5.39 Å². The molecule has 3 N–H and O–H groups in total. The Balaban J connectivity index is 1.99. The molecule has 0 aliphatic heterocycles. The molecule has 0 fully saturated rings. The summed E-state index contributed by atoms with van der Waals surface area (Å²) < 4.78 is 0. The van der Waals surface area contributed by atoms with Crippen molar-refractivity contribution in [3.05, 3.63) is 42.1 Å². The molecule has 1 heterocycles. The van der Waals surface area contributed by atoms with Gasteiger partial charge in [0.05, 0.1) is 5.52 Å². The fourth-order valence-corrected chi connectivity index (χ4v) is 1.73. The Hall–Kier alpha value is -2.47. The number of nitrogens with zero attached hydrogens (tertiary/aromatic N) is 1. The van der Waals surface area contributed by atoms with Crippen LogP contribution < -0.4 is 5.32 Å². The molecule has 1 aromatic carbocycles. The number of fused-ring (bicyclic) bond motifs is 1. The molecule has 1 aromatic heterocycles. The Labute approximate surface area is 115 Å². The molecule has 2 rings (SSSR count). The number of nitrogens with one attached hydrogen (secondary N) is 1. The van der Waals surface area contributed by atoms with Gasteiger partial charge in [-0.2, -0.15) is 0 Å². The molecule has 0 radical (unpaired) electrons. The second-order valence-electron chi connectivity index (χ2n) is 4.29. The van der Waals surface area contributed by atoms with Crippen LogP contribution in [0.2, 0.25) is 0 Å². The van der Waals surface area contributed by atoms with Gasteiger partial charge in [-0.3, -0.25) is 4.79 Å². The molecule has 1 atom stereocenters. The van der Waals surface area contributed by atoms with Crippen LogP contribution in [0.5, 0.6) is 0 Å². The van der Waals surface area contributed by atoms with Gasteiger partial charge in [-0.05, 0) is 12.1 Å². The van der Waals surface area contributed by atoms with Gasteiger partial charge in [0, 0.05) is 18.4 Å². The van der Waals surface area contributed by atoms with Crippen LogP contribution in [0.25, 0.3) is 10.9 Å². The van der Waals surface area contributed by atoms with E-state index in [9.17, 15) is 9.59 Å². The summed E-state index contributed by atoms with van der Waals surface area (Å²) in [6, 6.07) is 10.8. The van der Waals surface area contributed by atoms with E-state index in [1.807, 2.05) is 18.2 Å². The van der Waals surface area contributed by atoms with Crippen molar-refractivity contribution in [2.75, 3.05) is 6.54 Å². The van der Waals surface area contributed by atoms with E-state index in [4.69, 9.17) is 10.2 Å². The first-order chi connectivity index (χ1) is 9.58. The highest BCUT2D eigenvalue weighted by Crippen LogP contribution is 2.11. The Bertz CT molecular complexity index is 642. The maximum absolute atomic E-state index is 11.8. The lowest BCUT2D eigenvalue weighted by Gasteiger charge is -2.07. The molecule has 6 heteroatoms. The van der Waals surface area contributed by atoms with Crippen molar-refractivity contribution in [1.29, 1.82) is 0 Å². The highest BCUT2D eigenvalue weighted by atomic mass is 16.4. The number of aliphatic hydroxyl groups is 1. The zero-order valence-corrected chi connectivity index (χ0v) is 10.6. The molecule has 0 aliphatic carbocycles.